The Labute approximate surface area is 132 Å². The van der Waals surface area contributed by atoms with Crippen molar-refractivity contribution in [2.75, 3.05) is 24.4 Å². The molecule has 2 rings (SSSR count). The topological polar surface area (TPSA) is 89.4 Å². The number of hydrogen-bond donors (Lipinski definition) is 2. The molecule has 0 aliphatic rings. The van der Waals surface area contributed by atoms with Crippen LogP contribution in [-0.2, 0) is 20.9 Å². The number of nitrogens with one attached hydrogen (secondary N) is 2. The Morgan fingerprint density at radius 2 is 1.74 bits per heavy atom. The fourth-order valence-electron chi connectivity index (χ4n) is 1.95. The van der Waals surface area contributed by atoms with Gasteiger partial charge in [-0.25, -0.2) is 0 Å². The van der Waals surface area contributed by atoms with Crippen LogP contribution in [0.4, 0.5) is 11.4 Å². The highest BCUT2D eigenvalue weighted by Gasteiger charge is 2.06. The molecule has 23 heavy (non-hydrogen) atoms. The first-order valence-corrected chi connectivity index (χ1v) is 6.92. The average molecular weight is 315 g/mol. The van der Waals surface area contributed by atoms with Crippen LogP contribution in [0.25, 0.3) is 0 Å². The normalized spacial score (nSPS) is 10.1. The predicted octanol–water partition coefficient (Wildman–Crippen LogP) is 1.07. The van der Waals surface area contributed by atoms with E-state index >= 15 is 0 Å². The number of nitrogens with zero attached hydrogens (tertiary/aromatic N) is 1. The third-order valence-corrected chi connectivity index (χ3v) is 2.92. The summed E-state index contributed by atoms with van der Waals surface area (Å²) in [6, 6.07) is 11.4. The van der Waals surface area contributed by atoms with Crippen LogP contribution in [0.2, 0.25) is 0 Å². The lowest BCUT2D eigenvalue weighted by Gasteiger charge is -2.09. The van der Waals surface area contributed by atoms with E-state index in [1.807, 2.05) is 0 Å². The number of methoxy groups -OCH3 is 1. The van der Waals surface area contributed by atoms with E-state index in [0.717, 1.165) is 0 Å². The second-order valence-electron chi connectivity index (χ2n) is 4.78. The molecule has 7 nitrogen and oxygen atoms in total. The molecule has 0 saturated carbocycles. The number of benzene rings is 1. The second-order valence-corrected chi connectivity index (χ2v) is 4.78. The van der Waals surface area contributed by atoms with Gasteiger partial charge < -0.3 is 19.9 Å². The maximum absolute atomic E-state index is 12.0. The number of carbonyl (C=O) groups excluding carboxylic acids is 2. The van der Waals surface area contributed by atoms with Crippen molar-refractivity contribution in [3.8, 4) is 0 Å². The first-order valence-electron chi connectivity index (χ1n) is 6.92. The van der Waals surface area contributed by atoms with Crippen molar-refractivity contribution in [2.24, 2.45) is 0 Å². The van der Waals surface area contributed by atoms with Crippen LogP contribution in [0, 0.1) is 0 Å². The van der Waals surface area contributed by atoms with E-state index in [1.54, 1.807) is 42.6 Å². The molecule has 0 aliphatic carbocycles. The number of hydrogen-bond acceptors (Lipinski definition) is 4. The van der Waals surface area contributed by atoms with Crippen molar-refractivity contribution < 1.29 is 14.3 Å². The van der Waals surface area contributed by atoms with Gasteiger partial charge in [0.25, 0.3) is 5.56 Å². The molecule has 1 aromatic heterocycles. The van der Waals surface area contributed by atoms with Gasteiger partial charge >= 0.3 is 0 Å². The van der Waals surface area contributed by atoms with Crippen LogP contribution in [0.3, 0.4) is 0 Å². The molecular formula is C16H17N3O4. The SMILES string of the molecule is COCC(=O)Nc1cccc(NC(=O)Cn2ccccc2=O)c1. The summed E-state index contributed by atoms with van der Waals surface area (Å²) < 4.78 is 6.04. The molecule has 0 bridgehead atoms. The molecule has 2 amide bonds. The van der Waals surface area contributed by atoms with Gasteiger partial charge in [0, 0.05) is 30.7 Å². The largest absolute Gasteiger partial charge is 0.375 e. The molecule has 2 aromatic rings. The zero-order chi connectivity index (χ0) is 16.7. The Morgan fingerprint density at radius 1 is 1.04 bits per heavy atom. The smallest absolute Gasteiger partial charge is 0.250 e. The summed E-state index contributed by atoms with van der Waals surface area (Å²) in [6.45, 7) is -0.132. The van der Waals surface area contributed by atoms with Gasteiger partial charge in [0.1, 0.15) is 13.2 Å². The second kappa shape index (κ2) is 7.90. The van der Waals surface area contributed by atoms with Crippen LogP contribution in [0.15, 0.2) is 53.5 Å². The van der Waals surface area contributed by atoms with Crippen molar-refractivity contribution in [3.63, 3.8) is 0 Å². The highest BCUT2D eigenvalue weighted by molar-refractivity contribution is 5.94. The van der Waals surface area contributed by atoms with Crippen molar-refractivity contribution >= 4 is 23.2 Å². The summed E-state index contributed by atoms with van der Waals surface area (Å²) in [7, 11) is 1.43. The molecule has 0 aliphatic heterocycles. The molecule has 2 N–H and O–H groups in total. The van der Waals surface area contributed by atoms with E-state index in [0.29, 0.717) is 11.4 Å². The lowest BCUT2D eigenvalue weighted by atomic mass is 10.2. The number of pyridine rings is 1. The lowest BCUT2D eigenvalue weighted by Crippen LogP contribution is -2.26. The Kier molecular flexibility index (Phi) is 5.65. The number of aromatic nitrogens is 1. The van der Waals surface area contributed by atoms with E-state index in [2.05, 4.69) is 10.6 Å². The fraction of sp³-hybridized carbons (Fsp3) is 0.188. The molecule has 0 radical (unpaired) electrons. The summed E-state index contributed by atoms with van der Waals surface area (Å²) >= 11 is 0. The Bertz CT molecular complexity index is 755. The number of rotatable bonds is 6. The summed E-state index contributed by atoms with van der Waals surface area (Å²) in [5.41, 5.74) is 0.819. The number of carbonyl (C=O) groups is 2. The van der Waals surface area contributed by atoms with Gasteiger partial charge in [-0.15, -0.1) is 0 Å². The monoisotopic (exact) mass is 315 g/mol. The van der Waals surface area contributed by atoms with Crippen molar-refractivity contribution in [3.05, 3.63) is 59.0 Å². The average Bonchev–Trinajstić information content (AvgIpc) is 2.50. The van der Waals surface area contributed by atoms with Gasteiger partial charge in [-0.3, -0.25) is 14.4 Å². The minimum absolute atomic E-state index is 0.0481. The molecule has 1 heterocycles. The van der Waals surface area contributed by atoms with Crippen LogP contribution in [0.1, 0.15) is 0 Å². The highest BCUT2D eigenvalue weighted by atomic mass is 16.5. The zero-order valence-electron chi connectivity index (χ0n) is 12.6. The summed E-state index contributed by atoms with van der Waals surface area (Å²) in [4.78, 5) is 35.0. The fourth-order valence-corrected chi connectivity index (χ4v) is 1.95. The summed E-state index contributed by atoms with van der Waals surface area (Å²) in [5, 5.41) is 5.33. The summed E-state index contributed by atoms with van der Waals surface area (Å²) in [5.74, 6) is -0.620. The van der Waals surface area contributed by atoms with E-state index < -0.39 is 0 Å². The van der Waals surface area contributed by atoms with Gasteiger partial charge in [-0.05, 0) is 24.3 Å². The molecular weight excluding hydrogens is 298 g/mol. The predicted molar refractivity (Wildman–Crippen MR) is 86.3 cm³/mol. The Morgan fingerprint density at radius 3 is 2.39 bits per heavy atom. The lowest BCUT2D eigenvalue weighted by molar-refractivity contribution is -0.119. The van der Waals surface area contributed by atoms with E-state index in [-0.39, 0.29) is 30.5 Å². The summed E-state index contributed by atoms with van der Waals surface area (Å²) in [6.07, 6.45) is 1.54. The standard InChI is InChI=1S/C16H17N3O4/c1-23-11-15(21)18-13-6-4-5-12(9-13)17-14(20)10-19-8-3-2-7-16(19)22/h2-9H,10-11H2,1H3,(H,17,20)(H,18,21). The van der Waals surface area contributed by atoms with Gasteiger partial charge in [-0.2, -0.15) is 0 Å². The van der Waals surface area contributed by atoms with Gasteiger partial charge in [-0.1, -0.05) is 12.1 Å². The minimum atomic E-state index is -0.335. The molecule has 0 unspecified atom stereocenters. The quantitative estimate of drug-likeness (QED) is 0.834. The number of ether oxygens (including phenoxy) is 1. The minimum Gasteiger partial charge on any atom is -0.375 e. The van der Waals surface area contributed by atoms with Crippen molar-refractivity contribution in [2.45, 2.75) is 6.54 Å². The number of anilines is 2. The molecule has 0 saturated heterocycles. The Balaban J connectivity index is 2.00. The first kappa shape index (κ1) is 16.4. The van der Waals surface area contributed by atoms with Gasteiger partial charge in [0.05, 0.1) is 0 Å². The van der Waals surface area contributed by atoms with E-state index in [9.17, 15) is 14.4 Å². The Hall–Kier alpha value is -2.93. The van der Waals surface area contributed by atoms with Crippen LogP contribution < -0.4 is 16.2 Å². The highest BCUT2D eigenvalue weighted by Crippen LogP contribution is 2.15. The van der Waals surface area contributed by atoms with Crippen LogP contribution >= 0.6 is 0 Å². The van der Waals surface area contributed by atoms with Gasteiger partial charge in [0.2, 0.25) is 11.8 Å². The third kappa shape index (κ3) is 5.08. The molecule has 120 valence electrons. The maximum Gasteiger partial charge on any atom is 0.250 e. The van der Waals surface area contributed by atoms with E-state index in [4.69, 9.17) is 4.74 Å². The third-order valence-electron chi connectivity index (χ3n) is 2.92. The van der Waals surface area contributed by atoms with Crippen molar-refractivity contribution in [1.29, 1.82) is 0 Å². The van der Waals surface area contributed by atoms with Gasteiger partial charge in [0.15, 0.2) is 0 Å². The molecule has 7 heteroatoms. The van der Waals surface area contributed by atoms with Crippen LogP contribution in [0.5, 0.6) is 0 Å². The molecule has 0 atom stereocenters. The van der Waals surface area contributed by atoms with Crippen molar-refractivity contribution in [1.82, 2.24) is 4.57 Å². The molecule has 0 spiro atoms. The first-order chi connectivity index (χ1) is 11.1. The number of amides is 2. The van der Waals surface area contributed by atoms with E-state index in [1.165, 1.54) is 17.7 Å². The molecule has 1 aromatic carbocycles. The maximum atomic E-state index is 12.0. The molecule has 0 fully saturated rings. The zero-order valence-corrected chi connectivity index (χ0v) is 12.6. The van der Waals surface area contributed by atoms with Crippen LogP contribution in [-0.4, -0.2) is 30.1 Å².